The maximum atomic E-state index is 12.9. The first kappa shape index (κ1) is 10.1. The van der Waals surface area contributed by atoms with Crippen molar-refractivity contribution in [2.75, 3.05) is 6.61 Å². The van der Waals surface area contributed by atoms with Gasteiger partial charge in [0, 0.05) is 12.8 Å². The zero-order chi connectivity index (χ0) is 9.84. The lowest BCUT2D eigenvalue weighted by atomic mass is 10.4. The standard InChI is InChI=1S/C8H13FN2O2/c1-3-13-6(2)11-4-7(5-12)8(9)10-11/h4,6,12H,3,5H2,1-2H3. The molecule has 5 heteroatoms. The molecule has 0 aliphatic rings. The Kier molecular flexibility index (Phi) is 3.39. The van der Waals surface area contributed by atoms with Crippen LogP contribution in [0.1, 0.15) is 25.6 Å². The van der Waals surface area contributed by atoms with Crippen LogP contribution in [0.5, 0.6) is 0 Å². The van der Waals surface area contributed by atoms with Crippen molar-refractivity contribution in [3.63, 3.8) is 0 Å². The molecule has 4 nitrogen and oxygen atoms in total. The van der Waals surface area contributed by atoms with Gasteiger partial charge in [-0.15, -0.1) is 5.10 Å². The third kappa shape index (κ3) is 2.26. The van der Waals surface area contributed by atoms with Crippen LogP contribution in [0.15, 0.2) is 6.20 Å². The summed E-state index contributed by atoms with van der Waals surface area (Å²) >= 11 is 0. The number of hydrogen-bond donors (Lipinski definition) is 1. The Morgan fingerprint density at radius 1 is 1.77 bits per heavy atom. The summed E-state index contributed by atoms with van der Waals surface area (Å²) in [5.41, 5.74) is 0.187. The van der Waals surface area contributed by atoms with Crippen molar-refractivity contribution < 1.29 is 14.2 Å². The van der Waals surface area contributed by atoms with Gasteiger partial charge in [-0.25, -0.2) is 4.68 Å². The molecule has 0 saturated heterocycles. The molecule has 0 spiro atoms. The Hall–Kier alpha value is -0.940. The van der Waals surface area contributed by atoms with E-state index in [1.54, 1.807) is 6.92 Å². The van der Waals surface area contributed by atoms with Crippen LogP contribution < -0.4 is 0 Å². The molecule has 0 fully saturated rings. The second-order valence-corrected chi connectivity index (χ2v) is 2.64. The third-order valence-corrected chi connectivity index (χ3v) is 1.71. The maximum absolute atomic E-state index is 12.9. The number of halogens is 1. The van der Waals surface area contributed by atoms with Gasteiger partial charge in [-0.3, -0.25) is 0 Å². The van der Waals surface area contributed by atoms with Crippen molar-refractivity contribution in [1.29, 1.82) is 0 Å². The first-order valence-corrected chi connectivity index (χ1v) is 4.15. The van der Waals surface area contributed by atoms with E-state index >= 15 is 0 Å². The van der Waals surface area contributed by atoms with E-state index in [0.717, 1.165) is 0 Å². The Morgan fingerprint density at radius 2 is 2.46 bits per heavy atom. The van der Waals surface area contributed by atoms with Gasteiger partial charge in [0.1, 0.15) is 6.23 Å². The maximum Gasteiger partial charge on any atom is 0.238 e. The number of ether oxygens (including phenoxy) is 1. The molecule has 1 aromatic rings. The summed E-state index contributed by atoms with van der Waals surface area (Å²) in [5, 5.41) is 12.3. The summed E-state index contributed by atoms with van der Waals surface area (Å²) in [5.74, 6) is -0.644. The first-order valence-electron chi connectivity index (χ1n) is 4.15. The Balaban J connectivity index is 2.77. The number of aromatic nitrogens is 2. The summed E-state index contributed by atoms with van der Waals surface area (Å²) in [6.45, 7) is 3.81. The minimum absolute atomic E-state index is 0.187. The molecule has 13 heavy (non-hydrogen) atoms. The highest BCUT2D eigenvalue weighted by Crippen LogP contribution is 2.11. The summed E-state index contributed by atoms with van der Waals surface area (Å²) in [6, 6.07) is 0. The Labute approximate surface area is 75.9 Å². The fourth-order valence-corrected chi connectivity index (χ4v) is 1.02. The van der Waals surface area contributed by atoms with Crippen LogP contribution in [0, 0.1) is 5.95 Å². The molecule has 0 bridgehead atoms. The zero-order valence-corrected chi connectivity index (χ0v) is 7.70. The van der Waals surface area contributed by atoms with Crippen LogP contribution in [0.25, 0.3) is 0 Å². The largest absolute Gasteiger partial charge is 0.391 e. The quantitative estimate of drug-likeness (QED) is 0.768. The molecule has 1 unspecified atom stereocenters. The lowest BCUT2D eigenvalue weighted by Crippen LogP contribution is -2.09. The third-order valence-electron chi connectivity index (χ3n) is 1.71. The van der Waals surface area contributed by atoms with E-state index in [1.807, 2.05) is 6.92 Å². The average molecular weight is 188 g/mol. The smallest absolute Gasteiger partial charge is 0.238 e. The molecule has 0 radical (unpaired) electrons. The van der Waals surface area contributed by atoms with Gasteiger partial charge in [0.2, 0.25) is 5.95 Å². The summed E-state index contributed by atoms with van der Waals surface area (Å²) in [7, 11) is 0. The fraction of sp³-hybridized carbons (Fsp3) is 0.625. The van der Waals surface area contributed by atoms with Crippen LogP contribution in [0.3, 0.4) is 0 Å². The Morgan fingerprint density at radius 3 is 2.92 bits per heavy atom. The van der Waals surface area contributed by atoms with Gasteiger partial charge in [0.05, 0.1) is 12.2 Å². The fourth-order valence-electron chi connectivity index (χ4n) is 1.02. The molecule has 74 valence electrons. The highest BCUT2D eigenvalue weighted by atomic mass is 19.1. The van der Waals surface area contributed by atoms with Gasteiger partial charge in [-0.05, 0) is 13.8 Å². The van der Waals surface area contributed by atoms with Crippen molar-refractivity contribution in [2.24, 2.45) is 0 Å². The average Bonchev–Trinajstić information content (AvgIpc) is 2.47. The first-order chi connectivity index (χ1) is 6.19. The second-order valence-electron chi connectivity index (χ2n) is 2.64. The van der Waals surface area contributed by atoms with E-state index in [0.29, 0.717) is 6.61 Å². The highest BCUT2D eigenvalue weighted by Gasteiger charge is 2.11. The number of hydrogen-bond acceptors (Lipinski definition) is 3. The molecule has 1 atom stereocenters. The molecule has 0 amide bonds. The van der Waals surface area contributed by atoms with Gasteiger partial charge < -0.3 is 9.84 Å². The van der Waals surface area contributed by atoms with Crippen molar-refractivity contribution in [3.05, 3.63) is 17.7 Å². The predicted molar refractivity (Wildman–Crippen MR) is 44.4 cm³/mol. The molecule has 1 heterocycles. The van der Waals surface area contributed by atoms with Crippen molar-refractivity contribution in [3.8, 4) is 0 Å². The molecule has 1 N–H and O–H groups in total. The second kappa shape index (κ2) is 4.34. The lowest BCUT2D eigenvalue weighted by molar-refractivity contribution is 0.0148. The summed E-state index contributed by atoms with van der Waals surface area (Å²) < 4.78 is 19.4. The molecule has 1 rings (SSSR count). The van der Waals surface area contributed by atoms with E-state index in [2.05, 4.69) is 5.10 Å². The van der Waals surface area contributed by atoms with Crippen LogP contribution in [0.4, 0.5) is 4.39 Å². The van der Waals surface area contributed by atoms with Crippen molar-refractivity contribution in [1.82, 2.24) is 9.78 Å². The predicted octanol–water partition coefficient (Wildman–Crippen LogP) is 1.07. The van der Waals surface area contributed by atoms with E-state index in [1.165, 1.54) is 10.9 Å². The molecule has 0 aliphatic heterocycles. The van der Waals surface area contributed by atoms with E-state index in [9.17, 15) is 4.39 Å². The monoisotopic (exact) mass is 188 g/mol. The van der Waals surface area contributed by atoms with Crippen LogP contribution >= 0.6 is 0 Å². The number of rotatable bonds is 4. The Bertz CT molecular complexity index is 275. The molecule has 1 aromatic heterocycles. The van der Waals surface area contributed by atoms with Crippen molar-refractivity contribution in [2.45, 2.75) is 26.7 Å². The normalized spacial score (nSPS) is 13.2. The van der Waals surface area contributed by atoms with Gasteiger partial charge in [0.15, 0.2) is 0 Å². The lowest BCUT2D eigenvalue weighted by Gasteiger charge is -2.10. The summed E-state index contributed by atoms with van der Waals surface area (Å²) in [4.78, 5) is 0. The number of aliphatic hydroxyl groups is 1. The van der Waals surface area contributed by atoms with Crippen molar-refractivity contribution >= 4 is 0 Å². The molecular weight excluding hydrogens is 175 g/mol. The van der Waals surface area contributed by atoms with E-state index in [4.69, 9.17) is 9.84 Å². The molecular formula is C8H13FN2O2. The minimum atomic E-state index is -0.644. The minimum Gasteiger partial charge on any atom is -0.391 e. The molecule has 0 aromatic carbocycles. The highest BCUT2D eigenvalue weighted by molar-refractivity contribution is 5.04. The van der Waals surface area contributed by atoms with Crippen LogP contribution in [-0.2, 0) is 11.3 Å². The van der Waals surface area contributed by atoms with Gasteiger partial charge in [-0.1, -0.05) is 0 Å². The topological polar surface area (TPSA) is 47.3 Å². The van der Waals surface area contributed by atoms with E-state index < -0.39 is 5.95 Å². The molecule has 0 saturated carbocycles. The van der Waals surface area contributed by atoms with Gasteiger partial charge in [-0.2, -0.15) is 4.39 Å². The number of nitrogens with zero attached hydrogens (tertiary/aromatic N) is 2. The SMILES string of the molecule is CCOC(C)n1cc(CO)c(F)n1. The molecule has 0 aliphatic carbocycles. The van der Waals surface area contributed by atoms with Gasteiger partial charge >= 0.3 is 0 Å². The van der Waals surface area contributed by atoms with Crippen LogP contribution in [0.2, 0.25) is 0 Å². The van der Waals surface area contributed by atoms with E-state index in [-0.39, 0.29) is 18.4 Å². The van der Waals surface area contributed by atoms with Crippen LogP contribution in [-0.4, -0.2) is 21.5 Å². The summed E-state index contributed by atoms with van der Waals surface area (Å²) in [6.07, 6.45) is 1.13. The zero-order valence-electron chi connectivity index (χ0n) is 7.70. The van der Waals surface area contributed by atoms with Gasteiger partial charge in [0.25, 0.3) is 0 Å². The number of aliphatic hydroxyl groups excluding tert-OH is 1.